The van der Waals surface area contributed by atoms with Crippen molar-refractivity contribution < 1.29 is 14.4 Å². The number of carbonyl (C=O) groups excluding carboxylic acids is 2. The smallest absolute Gasteiger partial charge is 0.285 e. The van der Waals surface area contributed by atoms with Gasteiger partial charge in [-0.2, -0.15) is 0 Å². The average Bonchev–Trinajstić information content (AvgIpc) is 3.45. The Labute approximate surface area is 152 Å². The molecule has 2 N–H and O–H groups in total. The number of hydrogen-bond acceptors (Lipinski definition) is 4. The van der Waals surface area contributed by atoms with Gasteiger partial charge in [0.25, 0.3) is 11.8 Å². The number of hydroxylamine groups is 2. The molecule has 0 aromatic heterocycles. The van der Waals surface area contributed by atoms with E-state index in [0.717, 1.165) is 11.0 Å². The number of aryl methyl sites for hydroxylation is 1. The van der Waals surface area contributed by atoms with Crippen molar-refractivity contribution in [3.05, 3.63) is 70.3 Å². The molecule has 0 radical (unpaired) electrons. The molecule has 2 aromatic carbocycles. The van der Waals surface area contributed by atoms with Gasteiger partial charge in [-0.05, 0) is 60.9 Å². The van der Waals surface area contributed by atoms with Gasteiger partial charge in [0, 0.05) is 6.04 Å². The second kappa shape index (κ2) is 6.67. The van der Waals surface area contributed by atoms with Crippen LogP contribution in [0.25, 0.3) is 0 Å². The first kappa shape index (κ1) is 16.9. The molecule has 5 heteroatoms. The number of benzene rings is 2. The van der Waals surface area contributed by atoms with Crippen LogP contribution in [0.1, 0.15) is 56.2 Å². The van der Waals surface area contributed by atoms with Gasteiger partial charge in [0.05, 0.1) is 17.7 Å². The molecule has 1 unspecified atom stereocenters. The number of amides is 2. The molecule has 2 aromatic rings. The Morgan fingerprint density at radius 1 is 1.12 bits per heavy atom. The van der Waals surface area contributed by atoms with E-state index in [4.69, 9.17) is 10.6 Å². The molecule has 2 aliphatic rings. The van der Waals surface area contributed by atoms with Crippen molar-refractivity contribution in [3.8, 4) is 0 Å². The Morgan fingerprint density at radius 2 is 1.77 bits per heavy atom. The number of nitrogens with two attached hydrogens (primary N) is 1. The van der Waals surface area contributed by atoms with E-state index in [1.54, 1.807) is 24.3 Å². The van der Waals surface area contributed by atoms with Gasteiger partial charge in [-0.1, -0.05) is 30.3 Å². The van der Waals surface area contributed by atoms with E-state index in [-0.39, 0.29) is 12.6 Å². The molecule has 1 aliphatic heterocycles. The van der Waals surface area contributed by atoms with Crippen LogP contribution in [0.5, 0.6) is 0 Å². The SMILES string of the molecule is Cc1cc(C2CC2)ccc1CC(N)CON1C(=O)c2ccccc2C1=O. The Balaban J connectivity index is 1.37. The Morgan fingerprint density at radius 3 is 2.35 bits per heavy atom. The van der Waals surface area contributed by atoms with Crippen molar-refractivity contribution in [2.45, 2.75) is 38.1 Å². The van der Waals surface area contributed by atoms with Gasteiger partial charge >= 0.3 is 0 Å². The molecule has 1 atom stereocenters. The van der Waals surface area contributed by atoms with Gasteiger partial charge in [-0.3, -0.25) is 14.4 Å². The molecule has 1 fully saturated rings. The maximum atomic E-state index is 12.3. The lowest BCUT2D eigenvalue weighted by molar-refractivity contribution is -0.0951. The first-order chi connectivity index (χ1) is 12.5. The van der Waals surface area contributed by atoms with Crippen LogP contribution in [0.2, 0.25) is 0 Å². The van der Waals surface area contributed by atoms with Crippen LogP contribution in [0, 0.1) is 6.92 Å². The lowest BCUT2D eigenvalue weighted by atomic mass is 9.98. The van der Waals surface area contributed by atoms with E-state index in [1.807, 2.05) is 0 Å². The van der Waals surface area contributed by atoms with E-state index >= 15 is 0 Å². The zero-order chi connectivity index (χ0) is 18.3. The van der Waals surface area contributed by atoms with Gasteiger partial charge in [-0.25, -0.2) is 0 Å². The molecule has 0 saturated heterocycles. The van der Waals surface area contributed by atoms with Crippen LogP contribution in [0.15, 0.2) is 42.5 Å². The molecule has 26 heavy (non-hydrogen) atoms. The van der Waals surface area contributed by atoms with E-state index in [1.165, 1.54) is 29.5 Å². The number of hydrogen-bond donors (Lipinski definition) is 1. The standard InChI is InChI=1S/C21H22N2O3/c1-13-10-16(14-6-7-14)9-8-15(13)11-17(22)12-26-23-20(24)18-4-2-3-5-19(18)21(23)25/h2-5,8-10,14,17H,6-7,11-12,22H2,1H3. The van der Waals surface area contributed by atoms with Gasteiger partial charge in [-0.15, -0.1) is 5.06 Å². The third-order valence-corrected chi connectivity index (χ3v) is 5.07. The minimum Gasteiger partial charge on any atom is -0.325 e. The van der Waals surface area contributed by atoms with Gasteiger partial charge in [0.15, 0.2) is 0 Å². The van der Waals surface area contributed by atoms with Crippen molar-refractivity contribution >= 4 is 11.8 Å². The summed E-state index contributed by atoms with van der Waals surface area (Å²) in [4.78, 5) is 30.0. The largest absolute Gasteiger partial charge is 0.325 e. The van der Waals surface area contributed by atoms with E-state index in [9.17, 15) is 9.59 Å². The summed E-state index contributed by atoms with van der Waals surface area (Å²) in [5.41, 5.74) is 10.7. The lowest BCUT2D eigenvalue weighted by Gasteiger charge is -2.18. The zero-order valence-electron chi connectivity index (χ0n) is 14.8. The van der Waals surface area contributed by atoms with Crippen LogP contribution in [-0.2, 0) is 11.3 Å². The monoisotopic (exact) mass is 350 g/mol. The fraction of sp³-hybridized carbons (Fsp3) is 0.333. The molecule has 5 nitrogen and oxygen atoms in total. The predicted octanol–water partition coefficient (Wildman–Crippen LogP) is 2.97. The third kappa shape index (κ3) is 3.16. The average molecular weight is 350 g/mol. The highest BCUT2D eigenvalue weighted by atomic mass is 16.7. The van der Waals surface area contributed by atoms with Crippen LogP contribution in [0.3, 0.4) is 0 Å². The van der Waals surface area contributed by atoms with Gasteiger partial charge in [0.2, 0.25) is 0 Å². The van der Waals surface area contributed by atoms with Crippen LogP contribution < -0.4 is 5.73 Å². The number of imide groups is 1. The van der Waals surface area contributed by atoms with Crippen LogP contribution in [-0.4, -0.2) is 29.5 Å². The summed E-state index contributed by atoms with van der Waals surface area (Å²) in [6, 6.07) is 13.0. The summed E-state index contributed by atoms with van der Waals surface area (Å²) in [6.45, 7) is 2.20. The molecule has 134 valence electrons. The van der Waals surface area contributed by atoms with E-state index in [0.29, 0.717) is 17.5 Å². The molecule has 0 spiro atoms. The van der Waals surface area contributed by atoms with Crippen molar-refractivity contribution in [1.29, 1.82) is 0 Å². The second-order valence-corrected chi connectivity index (χ2v) is 7.17. The van der Waals surface area contributed by atoms with E-state index in [2.05, 4.69) is 25.1 Å². The maximum absolute atomic E-state index is 12.3. The zero-order valence-corrected chi connectivity index (χ0v) is 14.8. The number of fused-ring (bicyclic) bond motifs is 1. The molecule has 1 saturated carbocycles. The molecule has 2 amide bonds. The Kier molecular flexibility index (Phi) is 4.34. The first-order valence-corrected chi connectivity index (χ1v) is 9.00. The van der Waals surface area contributed by atoms with Crippen molar-refractivity contribution in [1.82, 2.24) is 5.06 Å². The number of rotatable bonds is 6. The van der Waals surface area contributed by atoms with Gasteiger partial charge in [0.1, 0.15) is 0 Å². The highest BCUT2D eigenvalue weighted by Crippen LogP contribution is 2.40. The molecular formula is C21H22N2O3. The summed E-state index contributed by atoms with van der Waals surface area (Å²) in [7, 11) is 0. The molecule has 0 bridgehead atoms. The third-order valence-electron chi connectivity index (χ3n) is 5.07. The summed E-state index contributed by atoms with van der Waals surface area (Å²) < 4.78 is 0. The number of carbonyl (C=O) groups is 2. The molecular weight excluding hydrogens is 328 g/mol. The molecule has 1 aliphatic carbocycles. The number of nitrogens with zero attached hydrogens (tertiary/aromatic N) is 1. The summed E-state index contributed by atoms with van der Waals surface area (Å²) in [6.07, 6.45) is 3.21. The lowest BCUT2D eigenvalue weighted by Crippen LogP contribution is -2.37. The van der Waals surface area contributed by atoms with Crippen molar-refractivity contribution in [2.75, 3.05) is 6.61 Å². The highest BCUT2D eigenvalue weighted by Gasteiger charge is 2.36. The van der Waals surface area contributed by atoms with E-state index < -0.39 is 11.8 Å². The fourth-order valence-electron chi connectivity index (χ4n) is 3.41. The fourth-order valence-corrected chi connectivity index (χ4v) is 3.41. The Bertz CT molecular complexity index is 838. The molecule has 4 rings (SSSR count). The summed E-state index contributed by atoms with van der Waals surface area (Å²) in [5.74, 6) is -0.126. The van der Waals surface area contributed by atoms with Crippen LogP contribution >= 0.6 is 0 Å². The normalized spacial score (nSPS) is 17.5. The molecule has 1 heterocycles. The Hall–Kier alpha value is -2.50. The minimum atomic E-state index is -0.428. The highest BCUT2D eigenvalue weighted by molar-refractivity contribution is 6.20. The van der Waals surface area contributed by atoms with Crippen LogP contribution in [0.4, 0.5) is 0 Å². The first-order valence-electron chi connectivity index (χ1n) is 9.00. The summed E-state index contributed by atoms with van der Waals surface area (Å²) in [5, 5.41) is 0.827. The summed E-state index contributed by atoms with van der Waals surface area (Å²) >= 11 is 0. The second-order valence-electron chi connectivity index (χ2n) is 7.17. The maximum Gasteiger partial charge on any atom is 0.285 e. The predicted molar refractivity (Wildman–Crippen MR) is 97.7 cm³/mol. The van der Waals surface area contributed by atoms with Crippen molar-refractivity contribution in [2.24, 2.45) is 5.73 Å². The topological polar surface area (TPSA) is 72.6 Å². The minimum absolute atomic E-state index is 0.106. The van der Waals surface area contributed by atoms with Crippen molar-refractivity contribution in [3.63, 3.8) is 0 Å². The van der Waals surface area contributed by atoms with Gasteiger partial charge < -0.3 is 5.73 Å². The quantitative estimate of drug-likeness (QED) is 0.813.